The lowest BCUT2D eigenvalue weighted by atomic mass is 9.78. The van der Waals surface area contributed by atoms with E-state index in [0.29, 0.717) is 11.4 Å². The minimum absolute atomic E-state index is 0.183. The molecule has 2 aliphatic rings. The molecule has 0 saturated heterocycles. The first-order valence-corrected chi connectivity index (χ1v) is 42.9. The SMILES string of the molecule is CC(C)(C)c1cc(-c2c3nc(c(-c4ccc(C(=O)O)cc4)c4ccc([nH]4)c(-c4cc(C(C)(C)C)cc(C(C)(C)C)c4)c4cc5c6cc7[nH]c6c6c8nc(cc8c8cc2[nH]c8c6c5n4)c(-c2cc(C(C)(C)C)cc(C(C)(C)C)c2)c2ccc([nH]2)c(-c2ccc(C(=O)O)cc2)c2nc(c7-c4cc(C(C)(C)C)cc(C(C)(C)C)c4)C=C2)C=C3)cc(C(C)(C)C)c1. The van der Waals surface area contributed by atoms with Gasteiger partial charge in [-0.25, -0.2) is 29.5 Å². The van der Waals surface area contributed by atoms with Crippen LogP contribution in [0.4, 0.5) is 0 Å². The molecule has 2 aliphatic heterocycles. The van der Waals surface area contributed by atoms with E-state index in [2.05, 4.69) is 332 Å². The highest BCUT2D eigenvalue weighted by Crippen LogP contribution is 2.52. The third-order valence-electron chi connectivity index (χ3n) is 25.4. The Morgan fingerprint density at radius 3 is 0.730 bits per heavy atom. The number of aromatic nitrogens is 8. The van der Waals surface area contributed by atoms with Gasteiger partial charge in [0.1, 0.15) is 0 Å². The summed E-state index contributed by atoms with van der Waals surface area (Å²) in [5.41, 5.74) is 31.2. The average Bonchev–Trinajstić information content (AvgIpc) is 1.53. The standard InChI is InChI=1S/C110H110N8O4/c1-103(2,3)65-41-61(42-66(49-65)104(4,5)6)91-81-37-33-77(111-81)89(57-25-29-59(30-26-57)101(119)120)78-34-38-82(112-78)93(63-45-69(107(13,14)15)51-70(46-63)108(16,17)18)87-55-75-76-56-88-94(64-47-71(109(19,20)21)52-72(48-64)110(22,23)24)84-40-36-80(114-84)90(58-27-31-60(32-28-58)102(121)122)79-35-39-83(113-79)92(62-43-67(105(7,8)9)50-68(44-62)106(10,11)12)86-54-74-73-53-85(91)115-97(73)95(99(75)117-87)96(98(74)116-86)100(76)118-88/h25-56,111,114,116-117H,1-24H3,(H,119,120)(H,121,122). The second-order valence-electron chi connectivity index (χ2n) is 42.7. The van der Waals surface area contributed by atoms with Crippen molar-refractivity contribution in [3.8, 4) is 66.8 Å². The predicted molar refractivity (Wildman–Crippen MR) is 513 cm³/mol. The van der Waals surface area contributed by atoms with E-state index in [4.69, 9.17) is 19.9 Å². The van der Waals surface area contributed by atoms with Gasteiger partial charge in [-0.3, -0.25) is 0 Å². The van der Waals surface area contributed by atoms with Crippen LogP contribution in [0.3, 0.4) is 0 Å². The molecule has 12 nitrogen and oxygen atoms in total. The highest BCUT2D eigenvalue weighted by Gasteiger charge is 2.33. The van der Waals surface area contributed by atoms with Crippen molar-refractivity contribution < 1.29 is 19.8 Å². The third kappa shape index (κ3) is 14.0. The minimum atomic E-state index is -1.01. The largest absolute Gasteiger partial charge is 0.478 e. The van der Waals surface area contributed by atoms with Crippen LogP contribution in [-0.4, -0.2) is 62.0 Å². The van der Waals surface area contributed by atoms with Gasteiger partial charge >= 0.3 is 11.9 Å². The zero-order chi connectivity index (χ0) is 86.8. The van der Waals surface area contributed by atoms with Crippen LogP contribution in [0.2, 0.25) is 0 Å². The molecule has 6 N–H and O–H groups in total. The number of hydrogen-bond donors (Lipinski definition) is 6. The van der Waals surface area contributed by atoms with Crippen LogP contribution in [0.25, 0.3) is 190 Å². The summed E-state index contributed by atoms with van der Waals surface area (Å²) in [4.78, 5) is 66.8. The monoisotopic (exact) mass is 1610 g/mol. The molecule has 16 aromatic rings. The molecule has 0 aliphatic carbocycles. The topological polar surface area (TPSA) is 189 Å². The van der Waals surface area contributed by atoms with Gasteiger partial charge in [0.2, 0.25) is 0 Å². The summed E-state index contributed by atoms with van der Waals surface area (Å²) in [6.07, 6.45) is 8.55. The molecule has 12 heteroatoms. The molecular formula is C110H110N8O4. The Balaban J connectivity index is 1.15. The molecule has 0 radical (unpaired) electrons. The number of hydrogen-bond acceptors (Lipinski definition) is 6. The van der Waals surface area contributed by atoms with E-state index in [0.717, 1.165) is 177 Å². The first-order valence-electron chi connectivity index (χ1n) is 42.9. The fourth-order valence-electron chi connectivity index (χ4n) is 18.0. The zero-order valence-electron chi connectivity index (χ0n) is 75.0. The molecule has 8 aromatic heterocycles. The van der Waals surface area contributed by atoms with Crippen molar-refractivity contribution in [2.75, 3.05) is 0 Å². The number of carboxylic acid groups (broad SMARTS) is 2. The Labute approximate surface area is 714 Å². The number of carbonyl (C=O) groups is 2. The molecule has 8 aromatic carbocycles. The number of H-pyrrole nitrogens is 4. The van der Waals surface area contributed by atoms with Gasteiger partial charge in [-0.1, -0.05) is 263 Å². The Kier molecular flexibility index (Phi) is 18.1. The van der Waals surface area contributed by atoms with Crippen LogP contribution < -0.4 is 0 Å². The van der Waals surface area contributed by atoms with E-state index in [-0.39, 0.29) is 54.4 Å². The molecule has 0 fully saturated rings. The summed E-state index contributed by atoms with van der Waals surface area (Å²) in [5, 5.41) is 26.5. The fraction of sp³-hybridized carbons (Fsp3) is 0.291. The van der Waals surface area contributed by atoms with Gasteiger partial charge in [0.15, 0.2) is 0 Å². The number of rotatable bonds is 8. The van der Waals surface area contributed by atoms with Crippen molar-refractivity contribution in [3.63, 3.8) is 0 Å². The van der Waals surface area contributed by atoms with Crippen LogP contribution >= 0.6 is 0 Å². The molecule has 122 heavy (non-hydrogen) atoms. The van der Waals surface area contributed by atoms with Crippen molar-refractivity contribution in [2.24, 2.45) is 0 Å². The number of nitrogens with one attached hydrogen (secondary N) is 4. The maximum Gasteiger partial charge on any atom is 0.335 e. The van der Waals surface area contributed by atoms with Gasteiger partial charge < -0.3 is 30.1 Å². The zero-order valence-corrected chi connectivity index (χ0v) is 75.0. The van der Waals surface area contributed by atoms with Gasteiger partial charge in [0.25, 0.3) is 0 Å². The molecule has 0 unspecified atom stereocenters. The molecule has 16 bridgehead atoms. The van der Waals surface area contributed by atoms with E-state index in [1.54, 1.807) is 24.3 Å². The molecular weight excluding hydrogens is 1500 g/mol. The second-order valence-corrected chi connectivity index (χ2v) is 42.7. The van der Waals surface area contributed by atoms with Crippen molar-refractivity contribution in [2.45, 2.75) is 209 Å². The van der Waals surface area contributed by atoms with Crippen molar-refractivity contribution in [1.29, 1.82) is 0 Å². The third-order valence-corrected chi connectivity index (χ3v) is 25.4. The summed E-state index contributed by atoms with van der Waals surface area (Å²) in [6, 6.07) is 60.8. The van der Waals surface area contributed by atoms with Crippen LogP contribution in [0, 0.1) is 0 Å². The normalized spacial score (nSPS) is 13.5. The summed E-state index contributed by atoms with van der Waals surface area (Å²) in [5.74, 6) is -2.01. The molecule has 10 heterocycles. The van der Waals surface area contributed by atoms with E-state index >= 15 is 0 Å². The van der Waals surface area contributed by atoms with Crippen LogP contribution in [0.15, 0.2) is 170 Å². The maximum atomic E-state index is 12.8. The van der Waals surface area contributed by atoms with Gasteiger partial charge in [-0.15, -0.1) is 0 Å². The second kappa shape index (κ2) is 27.5. The highest BCUT2D eigenvalue weighted by molar-refractivity contribution is 6.40. The summed E-state index contributed by atoms with van der Waals surface area (Å²) in [7, 11) is 0. The van der Waals surface area contributed by atoms with Crippen LogP contribution in [-0.2, 0) is 43.3 Å². The Hall–Kier alpha value is -12.5. The predicted octanol–water partition coefficient (Wildman–Crippen LogP) is 29.4. The molecule has 614 valence electrons. The van der Waals surface area contributed by atoms with E-state index in [1.165, 1.54) is 44.5 Å². The van der Waals surface area contributed by atoms with Gasteiger partial charge in [0.05, 0.1) is 67.0 Å². The van der Waals surface area contributed by atoms with Crippen molar-refractivity contribution >= 4 is 135 Å². The number of carboxylic acids is 2. The Morgan fingerprint density at radius 2 is 0.484 bits per heavy atom. The first kappa shape index (κ1) is 80.5. The summed E-state index contributed by atoms with van der Waals surface area (Å²) in [6.45, 7) is 54.9. The first-order chi connectivity index (χ1) is 57.1. The number of aromatic amines is 4. The van der Waals surface area contributed by atoms with Gasteiger partial charge in [0, 0.05) is 98.8 Å². The lowest BCUT2D eigenvalue weighted by Gasteiger charge is -2.26. The average molecular weight is 1610 g/mol. The molecule has 0 saturated carbocycles. The summed E-state index contributed by atoms with van der Waals surface area (Å²) >= 11 is 0. The number of nitrogens with zero attached hydrogens (tertiary/aromatic N) is 4. The molecule has 0 amide bonds. The Bertz CT molecular complexity index is 6840. The smallest absolute Gasteiger partial charge is 0.335 e. The van der Waals surface area contributed by atoms with Crippen LogP contribution in [0.1, 0.15) is 254 Å². The Morgan fingerprint density at radius 1 is 0.246 bits per heavy atom. The van der Waals surface area contributed by atoms with Gasteiger partial charge in [-0.05, 0) is 218 Å². The minimum Gasteiger partial charge on any atom is -0.478 e. The maximum absolute atomic E-state index is 12.8. The summed E-state index contributed by atoms with van der Waals surface area (Å²) < 4.78 is 0. The quantitative estimate of drug-likeness (QED) is 0.0866. The number of aromatic carboxylic acids is 2. The van der Waals surface area contributed by atoms with E-state index < -0.39 is 11.9 Å². The van der Waals surface area contributed by atoms with E-state index in [9.17, 15) is 19.8 Å². The molecule has 18 rings (SSSR count). The molecule has 0 spiro atoms. The number of benzene rings is 8. The van der Waals surface area contributed by atoms with Gasteiger partial charge in [-0.2, -0.15) is 0 Å². The van der Waals surface area contributed by atoms with Crippen molar-refractivity contribution in [1.82, 2.24) is 39.9 Å². The van der Waals surface area contributed by atoms with E-state index in [1.807, 2.05) is 24.3 Å². The van der Waals surface area contributed by atoms with Crippen LogP contribution in [0.5, 0.6) is 0 Å². The fourth-order valence-corrected chi connectivity index (χ4v) is 18.0. The highest BCUT2D eigenvalue weighted by atomic mass is 16.4. The number of fused-ring (bicyclic) bond motifs is 14. The lowest BCUT2D eigenvalue weighted by molar-refractivity contribution is 0.0686. The lowest BCUT2D eigenvalue weighted by Crippen LogP contribution is -2.16. The molecule has 0 atom stereocenters. The van der Waals surface area contributed by atoms with Crippen molar-refractivity contribution in [3.05, 3.63) is 248 Å².